The third-order valence-electron chi connectivity index (χ3n) is 2.40. The Morgan fingerprint density at radius 2 is 2.00 bits per heavy atom. The lowest BCUT2D eigenvalue weighted by molar-refractivity contribution is -0.191. The Morgan fingerprint density at radius 1 is 1.35 bits per heavy atom. The molecule has 92 valence electrons. The summed E-state index contributed by atoms with van der Waals surface area (Å²) in [7, 11) is 0. The van der Waals surface area contributed by atoms with E-state index >= 15 is 0 Å². The fourth-order valence-corrected chi connectivity index (χ4v) is 1.56. The average molecular weight is 246 g/mol. The van der Waals surface area contributed by atoms with Crippen molar-refractivity contribution in [2.24, 2.45) is 0 Å². The van der Waals surface area contributed by atoms with Gasteiger partial charge in [0.25, 0.3) is 0 Å². The maximum absolute atomic E-state index is 12.4. The number of amides is 1. The summed E-state index contributed by atoms with van der Waals surface area (Å²) in [5.74, 6) is 0. The van der Waals surface area contributed by atoms with Crippen LogP contribution in [0.15, 0.2) is 24.3 Å². The topological polar surface area (TPSA) is 55.6 Å². The molecule has 0 saturated carbocycles. The molecule has 4 nitrogen and oxygen atoms in total. The molecule has 17 heavy (non-hydrogen) atoms. The summed E-state index contributed by atoms with van der Waals surface area (Å²) in [5, 5.41) is 0. The maximum Gasteiger partial charge on any atom is 0.427 e. The van der Waals surface area contributed by atoms with Crippen LogP contribution < -0.4 is 10.6 Å². The lowest BCUT2D eigenvalue weighted by Crippen LogP contribution is -2.33. The lowest BCUT2D eigenvalue weighted by atomic mass is 10.2. The Balaban J connectivity index is 2.25. The molecular weight excluding hydrogens is 237 g/mol. The van der Waals surface area contributed by atoms with E-state index in [4.69, 9.17) is 5.73 Å². The second kappa shape index (κ2) is 3.83. The van der Waals surface area contributed by atoms with Crippen molar-refractivity contribution >= 4 is 17.5 Å². The van der Waals surface area contributed by atoms with E-state index in [9.17, 15) is 18.0 Å². The van der Waals surface area contributed by atoms with Crippen molar-refractivity contribution in [3.63, 3.8) is 0 Å². The molecule has 1 aliphatic heterocycles. The quantitative estimate of drug-likeness (QED) is 0.772. The molecule has 0 radical (unpaired) electrons. The van der Waals surface area contributed by atoms with Crippen molar-refractivity contribution in [1.82, 2.24) is 0 Å². The third-order valence-corrected chi connectivity index (χ3v) is 2.40. The summed E-state index contributed by atoms with van der Waals surface area (Å²) in [6.07, 6.45) is -7.70. The van der Waals surface area contributed by atoms with Gasteiger partial charge in [0.1, 0.15) is 0 Å². The molecule has 0 aliphatic carbocycles. The van der Waals surface area contributed by atoms with Gasteiger partial charge >= 0.3 is 12.3 Å². The normalized spacial score (nSPS) is 20.5. The van der Waals surface area contributed by atoms with Gasteiger partial charge in [-0.1, -0.05) is 12.1 Å². The number of benzene rings is 1. The predicted octanol–water partition coefficient (Wildman–Crippen LogP) is 2.16. The fourth-order valence-electron chi connectivity index (χ4n) is 1.56. The number of nitrogen functional groups attached to an aromatic ring is 1. The van der Waals surface area contributed by atoms with Crippen LogP contribution in [-0.4, -0.2) is 24.9 Å². The van der Waals surface area contributed by atoms with Crippen LogP contribution >= 0.6 is 0 Å². The number of para-hydroxylation sites is 2. The van der Waals surface area contributed by atoms with E-state index in [1.54, 1.807) is 12.1 Å². The smallest absolute Gasteiger partial charge is 0.427 e. The van der Waals surface area contributed by atoms with Crippen LogP contribution in [0.2, 0.25) is 0 Å². The molecule has 0 spiro atoms. The zero-order chi connectivity index (χ0) is 12.6. The van der Waals surface area contributed by atoms with Gasteiger partial charge in [0.05, 0.1) is 17.9 Å². The maximum atomic E-state index is 12.4. The number of carbonyl (C=O) groups excluding carboxylic acids is 1. The molecule has 0 aromatic heterocycles. The van der Waals surface area contributed by atoms with Gasteiger partial charge in [0, 0.05) is 0 Å². The van der Waals surface area contributed by atoms with Gasteiger partial charge in [-0.3, -0.25) is 4.90 Å². The molecule has 1 fully saturated rings. The van der Waals surface area contributed by atoms with Crippen LogP contribution in [0.3, 0.4) is 0 Å². The van der Waals surface area contributed by atoms with Gasteiger partial charge in [-0.05, 0) is 12.1 Å². The van der Waals surface area contributed by atoms with Crippen LogP contribution in [0.5, 0.6) is 0 Å². The largest absolute Gasteiger partial charge is 0.434 e. The van der Waals surface area contributed by atoms with Crippen molar-refractivity contribution in [3.05, 3.63) is 24.3 Å². The molecule has 7 heteroatoms. The minimum atomic E-state index is -4.56. The first-order valence-electron chi connectivity index (χ1n) is 4.79. The number of rotatable bonds is 1. The number of carbonyl (C=O) groups is 1. The number of nitrogens with zero attached hydrogens (tertiary/aromatic N) is 1. The summed E-state index contributed by atoms with van der Waals surface area (Å²) < 4.78 is 41.4. The molecule has 1 heterocycles. The Labute approximate surface area is 94.8 Å². The lowest BCUT2D eigenvalue weighted by Gasteiger charge is -2.15. The number of cyclic esters (lactones) is 1. The molecule has 2 N–H and O–H groups in total. The SMILES string of the molecule is Nc1ccccc1N1C[C@@H](C(F)(F)F)OC1=O. The van der Waals surface area contributed by atoms with Gasteiger partial charge in [-0.2, -0.15) is 13.2 Å². The van der Waals surface area contributed by atoms with E-state index < -0.39 is 24.9 Å². The standard InChI is InChI=1S/C10H9F3N2O2/c11-10(12,13)8-5-15(9(16)17-8)7-4-2-1-3-6(7)14/h1-4,8H,5,14H2/t8-/m0/s1. The first-order chi connectivity index (χ1) is 7.89. The second-order valence-electron chi connectivity index (χ2n) is 3.58. The highest BCUT2D eigenvalue weighted by atomic mass is 19.4. The number of hydrogen-bond acceptors (Lipinski definition) is 3. The van der Waals surface area contributed by atoms with Gasteiger partial charge < -0.3 is 10.5 Å². The number of alkyl halides is 3. The first kappa shape index (κ1) is 11.6. The summed E-state index contributed by atoms with van der Waals surface area (Å²) >= 11 is 0. The van der Waals surface area contributed by atoms with Crippen LogP contribution in [-0.2, 0) is 4.74 Å². The van der Waals surface area contributed by atoms with Gasteiger partial charge in [-0.25, -0.2) is 4.79 Å². The molecule has 1 saturated heterocycles. The van der Waals surface area contributed by atoms with Crippen LogP contribution in [0.4, 0.5) is 29.3 Å². The summed E-state index contributed by atoms with van der Waals surface area (Å²) in [6, 6.07) is 6.18. The number of halogens is 3. The summed E-state index contributed by atoms with van der Waals surface area (Å²) in [5.41, 5.74) is 6.04. The Hall–Kier alpha value is -1.92. The number of anilines is 2. The van der Waals surface area contributed by atoms with Crippen molar-refractivity contribution in [1.29, 1.82) is 0 Å². The van der Waals surface area contributed by atoms with E-state index in [2.05, 4.69) is 4.74 Å². The van der Waals surface area contributed by atoms with Crippen molar-refractivity contribution in [2.75, 3.05) is 17.2 Å². The number of nitrogens with two attached hydrogens (primary N) is 1. The zero-order valence-electron chi connectivity index (χ0n) is 8.57. The summed E-state index contributed by atoms with van der Waals surface area (Å²) in [6.45, 7) is -0.573. The fraction of sp³-hybridized carbons (Fsp3) is 0.300. The van der Waals surface area contributed by atoms with Crippen molar-refractivity contribution in [3.8, 4) is 0 Å². The first-order valence-corrected chi connectivity index (χ1v) is 4.79. The Bertz CT molecular complexity index is 447. The highest BCUT2D eigenvalue weighted by Gasteiger charge is 2.49. The van der Waals surface area contributed by atoms with E-state index in [1.165, 1.54) is 12.1 Å². The van der Waals surface area contributed by atoms with Crippen LogP contribution in [0.25, 0.3) is 0 Å². The molecule has 2 rings (SSSR count). The van der Waals surface area contributed by atoms with E-state index in [-0.39, 0.29) is 11.4 Å². The molecular formula is C10H9F3N2O2. The van der Waals surface area contributed by atoms with E-state index in [0.717, 1.165) is 4.90 Å². The second-order valence-corrected chi connectivity index (χ2v) is 3.58. The molecule has 1 aromatic rings. The van der Waals surface area contributed by atoms with Crippen molar-refractivity contribution < 1.29 is 22.7 Å². The third kappa shape index (κ3) is 2.13. The minimum Gasteiger partial charge on any atom is -0.434 e. The highest BCUT2D eigenvalue weighted by Crippen LogP contribution is 2.33. The molecule has 1 aliphatic rings. The molecule has 0 unspecified atom stereocenters. The average Bonchev–Trinajstić information content (AvgIpc) is 2.61. The van der Waals surface area contributed by atoms with Crippen LogP contribution in [0.1, 0.15) is 0 Å². The summed E-state index contributed by atoms with van der Waals surface area (Å²) in [4.78, 5) is 12.2. The van der Waals surface area contributed by atoms with E-state index in [0.29, 0.717) is 0 Å². The predicted molar refractivity (Wildman–Crippen MR) is 54.5 cm³/mol. The van der Waals surface area contributed by atoms with Gasteiger partial charge in [-0.15, -0.1) is 0 Å². The van der Waals surface area contributed by atoms with Crippen molar-refractivity contribution in [2.45, 2.75) is 12.3 Å². The highest BCUT2D eigenvalue weighted by molar-refractivity contribution is 5.93. The minimum absolute atomic E-state index is 0.226. The number of ether oxygens (including phenoxy) is 1. The van der Waals surface area contributed by atoms with Crippen LogP contribution in [0, 0.1) is 0 Å². The Kier molecular flexibility index (Phi) is 2.60. The number of hydrogen-bond donors (Lipinski definition) is 1. The molecule has 1 atom stereocenters. The zero-order valence-corrected chi connectivity index (χ0v) is 8.57. The Morgan fingerprint density at radius 3 is 2.53 bits per heavy atom. The van der Waals surface area contributed by atoms with Gasteiger partial charge in [0.2, 0.25) is 6.10 Å². The van der Waals surface area contributed by atoms with E-state index in [1.807, 2.05) is 0 Å². The molecule has 1 amide bonds. The monoisotopic (exact) mass is 246 g/mol. The van der Waals surface area contributed by atoms with Gasteiger partial charge in [0.15, 0.2) is 0 Å². The molecule has 0 bridgehead atoms. The molecule has 1 aromatic carbocycles.